The molecule has 24 heavy (non-hydrogen) atoms. The third kappa shape index (κ3) is 2.56. The van der Waals surface area contributed by atoms with E-state index >= 15 is 0 Å². The molecular formula is C21H27N3. The van der Waals surface area contributed by atoms with Gasteiger partial charge in [-0.05, 0) is 63.0 Å². The molecule has 0 radical (unpaired) electrons. The summed E-state index contributed by atoms with van der Waals surface area (Å²) < 4.78 is 0. The van der Waals surface area contributed by atoms with Gasteiger partial charge in [-0.15, -0.1) is 6.58 Å². The quantitative estimate of drug-likeness (QED) is 0.800. The third-order valence-electron chi connectivity index (χ3n) is 6.08. The van der Waals surface area contributed by atoms with Gasteiger partial charge >= 0.3 is 0 Å². The minimum atomic E-state index is 0.409. The van der Waals surface area contributed by atoms with Gasteiger partial charge in [0.1, 0.15) is 0 Å². The molecule has 0 spiro atoms. The molecule has 2 bridgehead atoms. The number of para-hydroxylation sites is 1. The number of benzene rings is 1. The first-order valence-electron chi connectivity index (χ1n) is 9.05. The van der Waals surface area contributed by atoms with Crippen molar-refractivity contribution in [3.8, 4) is 0 Å². The fraction of sp³-hybridized carbons (Fsp3) is 0.476. The van der Waals surface area contributed by atoms with E-state index < -0.39 is 0 Å². The van der Waals surface area contributed by atoms with Gasteiger partial charge in [0.05, 0.1) is 11.6 Å². The summed E-state index contributed by atoms with van der Waals surface area (Å²) in [4.78, 5) is 9.66. The van der Waals surface area contributed by atoms with Gasteiger partial charge in [-0.2, -0.15) is 0 Å². The average Bonchev–Trinajstić information content (AvgIpc) is 2.62. The number of aromatic nitrogens is 1. The maximum absolute atomic E-state index is 4.56. The molecule has 2 aromatic rings. The van der Waals surface area contributed by atoms with Crippen LogP contribution in [-0.2, 0) is 0 Å². The van der Waals surface area contributed by atoms with E-state index in [-0.39, 0.29) is 0 Å². The zero-order valence-corrected chi connectivity index (χ0v) is 14.7. The molecule has 3 heteroatoms. The second-order valence-corrected chi connectivity index (χ2v) is 7.57. The number of piperidine rings is 3. The summed E-state index contributed by atoms with van der Waals surface area (Å²) in [6.45, 7) is 6.46. The van der Waals surface area contributed by atoms with Crippen LogP contribution in [0.3, 0.4) is 0 Å². The van der Waals surface area contributed by atoms with E-state index in [1.54, 1.807) is 0 Å². The summed E-state index contributed by atoms with van der Waals surface area (Å²) in [6, 6.07) is 11.8. The van der Waals surface area contributed by atoms with Crippen LogP contribution >= 0.6 is 0 Å². The van der Waals surface area contributed by atoms with Crippen molar-refractivity contribution in [2.24, 2.45) is 11.8 Å². The number of likely N-dealkylation sites (N-methyl/N-ethyl adjacent to an activating group) is 1. The molecule has 3 nitrogen and oxygen atoms in total. The van der Waals surface area contributed by atoms with E-state index in [1.807, 2.05) is 6.20 Å². The highest BCUT2D eigenvalue weighted by Crippen LogP contribution is 2.43. The summed E-state index contributed by atoms with van der Waals surface area (Å²) in [5, 5.41) is 1.29. The third-order valence-corrected chi connectivity index (χ3v) is 6.08. The Labute approximate surface area is 145 Å². The molecule has 0 aliphatic carbocycles. The Kier molecular flexibility index (Phi) is 4.15. The van der Waals surface area contributed by atoms with Crippen molar-refractivity contribution >= 4 is 10.9 Å². The SMILES string of the molecule is C=CC1CN2CCC1CC2[C@H](c1ccnc2ccccc12)N(C)C. The lowest BCUT2D eigenvalue weighted by Crippen LogP contribution is -2.56. The molecule has 3 aliphatic heterocycles. The molecule has 3 saturated heterocycles. The number of fused-ring (bicyclic) bond motifs is 4. The maximum Gasteiger partial charge on any atom is 0.0705 e. The van der Waals surface area contributed by atoms with Crippen molar-refractivity contribution in [3.63, 3.8) is 0 Å². The van der Waals surface area contributed by atoms with E-state index in [9.17, 15) is 0 Å². The van der Waals surface area contributed by atoms with E-state index in [1.165, 1.54) is 36.9 Å². The average molecular weight is 321 g/mol. The molecule has 1 aromatic heterocycles. The molecule has 5 atom stereocenters. The van der Waals surface area contributed by atoms with Gasteiger partial charge in [-0.25, -0.2) is 0 Å². The molecule has 5 rings (SSSR count). The zero-order chi connectivity index (χ0) is 16.7. The summed E-state index contributed by atoms with van der Waals surface area (Å²) in [5.41, 5.74) is 2.51. The van der Waals surface area contributed by atoms with Crippen molar-refractivity contribution in [3.05, 3.63) is 54.7 Å². The summed E-state index contributed by atoms with van der Waals surface area (Å²) in [5.74, 6) is 1.47. The van der Waals surface area contributed by atoms with Crippen molar-refractivity contribution in [1.29, 1.82) is 0 Å². The smallest absolute Gasteiger partial charge is 0.0705 e. The molecule has 3 fully saturated rings. The summed E-state index contributed by atoms with van der Waals surface area (Å²) >= 11 is 0. The number of hydrogen-bond acceptors (Lipinski definition) is 3. The molecule has 126 valence electrons. The van der Waals surface area contributed by atoms with Crippen LogP contribution in [0.15, 0.2) is 49.2 Å². The predicted octanol–water partition coefficient (Wildman–Crippen LogP) is 3.73. The van der Waals surface area contributed by atoms with Gasteiger partial charge in [-0.3, -0.25) is 9.88 Å². The highest BCUT2D eigenvalue weighted by atomic mass is 15.2. The molecule has 4 heterocycles. The normalized spacial score (nSPS) is 30.6. The zero-order valence-electron chi connectivity index (χ0n) is 14.7. The number of rotatable bonds is 4. The maximum atomic E-state index is 4.56. The largest absolute Gasteiger partial charge is 0.301 e. The first-order chi connectivity index (χ1) is 11.7. The lowest BCUT2D eigenvalue weighted by Gasteiger charge is -2.52. The lowest BCUT2D eigenvalue weighted by molar-refractivity contribution is -0.0177. The monoisotopic (exact) mass is 321 g/mol. The Bertz CT molecular complexity index is 733. The second kappa shape index (κ2) is 6.30. The number of hydrogen-bond donors (Lipinski definition) is 0. The fourth-order valence-electron chi connectivity index (χ4n) is 4.91. The van der Waals surface area contributed by atoms with E-state index in [0.29, 0.717) is 18.0 Å². The molecule has 0 amide bonds. The summed E-state index contributed by atoms with van der Waals surface area (Å²) in [7, 11) is 4.43. The van der Waals surface area contributed by atoms with E-state index in [0.717, 1.165) is 11.4 Å². The molecule has 0 N–H and O–H groups in total. The van der Waals surface area contributed by atoms with Crippen molar-refractivity contribution in [2.45, 2.75) is 24.9 Å². The number of pyridine rings is 1. The predicted molar refractivity (Wildman–Crippen MR) is 99.9 cm³/mol. The number of nitrogens with zero attached hydrogens (tertiary/aromatic N) is 3. The Morgan fingerprint density at radius 2 is 2.12 bits per heavy atom. The van der Waals surface area contributed by atoms with Crippen LogP contribution in [0.4, 0.5) is 0 Å². The topological polar surface area (TPSA) is 19.4 Å². The standard InChI is InChI=1S/C21H27N3/c1-4-15-14-24-12-10-16(15)13-20(24)21(23(2)3)18-9-11-22-19-8-6-5-7-17(18)19/h4-9,11,15-16,20-21H,1,10,12-14H2,2-3H3/t15?,16?,20?,21-/m0/s1. The Morgan fingerprint density at radius 1 is 1.29 bits per heavy atom. The molecule has 3 aliphatic rings. The Hall–Kier alpha value is -1.71. The first-order valence-corrected chi connectivity index (χ1v) is 9.05. The van der Waals surface area contributed by atoms with Crippen LogP contribution in [0.2, 0.25) is 0 Å². The van der Waals surface area contributed by atoms with Crippen LogP contribution in [0.25, 0.3) is 10.9 Å². The van der Waals surface area contributed by atoms with Crippen molar-refractivity contribution < 1.29 is 0 Å². The van der Waals surface area contributed by atoms with Crippen molar-refractivity contribution in [2.75, 3.05) is 27.2 Å². The van der Waals surface area contributed by atoms with Crippen LogP contribution in [0.1, 0.15) is 24.4 Å². The van der Waals surface area contributed by atoms with Crippen LogP contribution in [0.5, 0.6) is 0 Å². The van der Waals surface area contributed by atoms with E-state index in [4.69, 9.17) is 0 Å². The van der Waals surface area contributed by atoms with Gasteiger partial charge in [0.2, 0.25) is 0 Å². The van der Waals surface area contributed by atoms with Crippen molar-refractivity contribution in [1.82, 2.24) is 14.8 Å². The lowest BCUT2D eigenvalue weighted by atomic mass is 9.73. The van der Waals surface area contributed by atoms with Crippen LogP contribution < -0.4 is 0 Å². The first kappa shape index (κ1) is 15.8. The fourth-order valence-corrected chi connectivity index (χ4v) is 4.91. The Morgan fingerprint density at radius 3 is 2.83 bits per heavy atom. The van der Waals surface area contributed by atoms with Gasteiger partial charge < -0.3 is 4.90 Å². The van der Waals surface area contributed by atoms with Gasteiger partial charge in [0.25, 0.3) is 0 Å². The molecule has 1 aromatic carbocycles. The van der Waals surface area contributed by atoms with Gasteiger partial charge in [0.15, 0.2) is 0 Å². The summed E-state index contributed by atoms with van der Waals surface area (Å²) in [6.07, 6.45) is 6.75. The van der Waals surface area contributed by atoms with Gasteiger partial charge in [0, 0.05) is 24.2 Å². The van der Waals surface area contributed by atoms with E-state index in [2.05, 4.69) is 71.9 Å². The van der Waals surface area contributed by atoms with Gasteiger partial charge in [-0.1, -0.05) is 24.3 Å². The highest BCUT2D eigenvalue weighted by Gasteiger charge is 2.43. The van der Waals surface area contributed by atoms with Crippen LogP contribution in [-0.4, -0.2) is 48.0 Å². The molecule has 4 unspecified atom stereocenters. The highest BCUT2D eigenvalue weighted by molar-refractivity contribution is 5.82. The minimum Gasteiger partial charge on any atom is -0.301 e. The molecular weight excluding hydrogens is 294 g/mol. The molecule has 0 saturated carbocycles. The van der Waals surface area contributed by atoms with Crippen LogP contribution in [0, 0.1) is 11.8 Å². The Balaban J connectivity index is 1.74. The second-order valence-electron chi connectivity index (χ2n) is 7.57. The minimum absolute atomic E-state index is 0.409.